The van der Waals surface area contributed by atoms with Crippen molar-refractivity contribution < 1.29 is 82.9 Å². The van der Waals surface area contributed by atoms with Crippen molar-refractivity contribution in [2.24, 2.45) is 23.5 Å². The minimum absolute atomic E-state index is 0.00955. The third kappa shape index (κ3) is 18.7. The first kappa shape index (κ1) is 63.1. The molecule has 418 valence electrons. The van der Waals surface area contributed by atoms with Crippen LogP contribution in [0.4, 0.5) is 0 Å². The second-order valence-electron chi connectivity index (χ2n) is 20.1. The van der Waals surface area contributed by atoms with Crippen molar-refractivity contribution in [1.29, 1.82) is 0 Å². The summed E-state index contributed by atoms with van der Waals surface area (Å²) in [5.74, 6) is -5.29. The van der Waals surface area contributed by atoms with Crippen LogP contribution < -0.4 is 5.73 Å². The SMILES string of the molecule is CO[C@]12CC3C[C@@H](OC(P(C)P)O3)[C@H](O)CCC3C[C@H](CC(=O)O[C@@H](C)[C@H](C)[C@H](O)[C@@H](C)/C=C/C=C/C=C/C=C/C=C/C=C/C=C/[C@H](O[C@@H]4O[C@H](C)[C@@H](O)[C@H](N)[C@H]4O)CC(O1)[C@H](C(=O)O)[C@@H](O)C2)OC(P(C)P)O3. The van der Waals surface area contributed by atoms with Gasteiger partial charge in [-0.2, -0.15) is 0 Å². The summed E-state index contributed by atoms with van der Waals surface area (Å²) in [6.07, 6.45) is 13.6. The fourth-order valence-electron chi connectivity index (χ4n) is 9.66. The highest BCUT2D eigenvalue weighted by molar-refractivity contribution is 8.13. The van der Waals surface area contributed by atoms with E-state index in [1.165, 1.54) is 7.11 Å². The molecule has 0 amide bonds. The van der Waals surface area contributed by atoms with Gasteiger partial charge in [0.2, 0.25) is 0 Å². The van der Waals surface area contributed by atoms with Crippen LogP contribution >= 0.6 is 33.1 Å². The maximum atomic E-state index is 13.4. The number of allylic oxidation sites excluding steroid dienone is 12. The van der Waals surface area contributed by atoms with Crippen molar-refractivity contribution in [3.63, 3.8) is 0 Å². The van der Waals surface area contributed by atoms with Crippen LogP contribution in [0.2, 0.25) is 0 Å². The van der Waals surface area contributed by atoms with Crippen molar-refractivity contribution >= 4 is 45.0 Å². The van der Waals surface area contributed by atoms with E-state index in [2.05, 4.69) is 17.9 Å². The van der Waals surface area contributed by atoms with E-state index in [-0.39, 0.29) is 56.5 Å². The van der Waals surface area contributed by atoms with Gasteiger partial charge in [-0.05, 0) is 55.2 Å². The van der Waals surface area contributed by atoms with E-state index in [1.54, 1.807) is 44.2 Å². The predicted octanol–water partition coefficient (Wildman–Crippen LogP) is 5.86. The molecule has 9 unspecified atom stereocenters. The number of aliphatic hydroxyl groups is 5. The number of carboxylic acids is 1. The number of cyclic esters (lactones) is 1. The predicted molar refractivity (Wildman–Crippen MR) is 290 cm³/mol. The van der Waals surface area contributed by atoms with Crippen molar-refractivity contribution in [3.05, 3.63) is 85.1 Å². The molecule has 6 bridgehead atoms. The van der Waals surface area contributed by atoms with Gasteiger partial charge in [-0.15, -0.1) is 17.9 Å². The Balaban J connectivity index is 1.43. The number of aliphatic carboxylic acids is 1. The first-order chi connectivity index (χ1) is 35.1. The number of nitrogens with two attached hydrogens (primary N) is 1. The van der Waals surface area contributed by atoms with E-state index in [0.717, 1.165) is 0 Å². The Bertz CT molecular complexity index is 1970. The van der Waals surface area contributed by atoms with Crippen molar-refractivity contribution in [2.45, 2.75) is 189 Å². The van der Waals surface area contributed by atoms with Crippen LogP contribution in [0.25, 0.3) is 0 Å². The molecule has 5 heterocycles. The van der Waals surface area contributed by atoms with E-state index in [0.29, 0.717) is 12.8 Å². The number of carbonyl (C=O) groups is 2. The lowest BCUT2D eigenvalue weighted by atomic mass is 9.82. The lowest BCUT2D eigenvalue weighted by Crippen LogP contribution is -2.61. The molecule has 0 aromatic carbocycles. The van der Waals surface area contributed by atoms with Crippen molar-refractivity contribution in [1.82, 2.24) is 0 Å². The molecule has 74 heavy (non-hydrogen) atoms. The molecule has 18 nitrogen and oxygen atoms in total. The van der Waals surface area contributed by atoms with Crippen LogP contribution in [-0.4, -0.2) is 173 Å². The number of carboxylic acid groups (broad SMARTS) is 1. The molecular formula is C52H83NO17P4. The molecule has 4 saturated heterocycles. The average molecular weight is 1120 g/mol. The molecule has 0 radical (unpaired) electrons. The normalized spacial score (nSPS) is 45.8. The molecule has 0 aromatic rings. The molecule has 22 heteroatoms. The Labute approximate surface area is 443 Å². The minimum Gasteiger partial charge on any atom is -0.481 e. The third-order valence-electron chi connectivity index (χ3n) is 14.2. The summed E-state index contributed by atoms with van der Waals surface area (Å²) in [7, 11) is 5.15. The van der Waals surface area contributed by atoms with Gasteiger partial charge in [0, 0.05) is 51.0 Å². The fourth-order valence-corrected chi connectivity index (χ4v) is 11.9. The molecule has 5 aliphatic rings. The smallest absolute Gasteiger partial charge is 0.311 e. The maximum absolute atomic E-state index is 13.4. The summed E-state index contributed by atoms with van der Waals surface area (Å²) in [5, 5.41) is 66.7. The maximum Gasteiger partial charge on any atom is 0.311 e. The van der Waals surface area contributed by atoms with Crippen molar-refractivity contribution in [3.8, 4) is 0 Å². The van der Waals surface area contributed by atoms with Gasteiger partial charge >= 0.3 is 11.9 Å². The van der Waals surface area contributed by atoms with Crippen LogP contribution in [0.5, 0.6) is 0 Å². The van der Waals surface area contributed by atoms with E-state index >= 15 is 0 Å². The fraction of sp³-hybridized carbons (Fsp3) is 0.692. The summed E-state index contributed by atoms with van der Waals surface area (Å²) >= 11 is 0. The molecule has 0 aromatic heterocycles. The van der Waals surface area contributed by atoms with Crippen LogP contribution in [0, 0.1) is 17.8 Å². The van der Waals surface area contributed by atoms with E-state index in [4.69, 9.17) is 48.4 Å². The minimum atomic E-state index is -1.56. The Kier molecular flexibility index (Phi) is 26.1. The zero-order valence-corrected chi connectivity index (χ0v) is 47.7. The number of hydrogen-bond acceptors (Lipinski definition) is 17. The lowest BCUT2D eigenvalue weighted by molar-refractivity contribution is -0.326. The van der Waals surface area contributed by atoms with E-state index in [9.17, 15) is 40.2 Å². The number of fused-ring (bicyclic) bond motifs is 6. The highest BCUT2D eigenvalue weighted by Crippen LogP contribution is 2.52. The first-order valence-corrected chi connectivity index (χ1v) is 32.4. The van der Waals surface area contributed by atoms with Crippen LogP contribution in [0.1, 0.15) is 79.1 Å². The van der Waals surface area contributed by atoms with Gasteiger partial charge in [0.1, 0.15) is 18.1 Å². The highest BCUT2D eigenvalue weighted by Gasteiger charge is 2.53. The summed E-state index contributed by atoms with van der Waals surface area (Å²) in [5.41, 5.74) is 6.15. The Morgan fingerprint density at radius 3 is 1.84 bits per heavy atom. The molecule has 8 N–H and O–H groups in total. The lowest BCUT2D eigenvalue weighted by Gasteiger charge is -2.48. The van der Waals surface area contributed by atoms with Gasteiger partial charge in [-0.1, -0.05) is 98.9 Å². The number of esters is 1. The van der Waals surface area contributed by atoms with Gasteiger partial charge in [-0.25, -0.2) is 0 Å². The molecule has 5 aliphatic heterocycles. The zero-order valence-electron chi connectivity index (χ0n) is 43.6. The Hall–Kier alpha value is -1.72. The van der Waals surface area contributed by atoms with Crippen LogP contribution in [-0.2, 0) is 52.2 Å². The number of aliphatic hydroxyl groups excluding tert-OH is 5. The molecule has 4 fully saturated rings. The first-order valence-electron chi connectivity index (χ1n) is 25.5. The standard InChI is InChI=1S/C52H83NO17P4/c1-30-20-18-16-14-12-10-8-9-11-13-15-17-19-21-34(65-49-47(59)44(53)46(58)33(4)64-49)25-41-43(48(60)61)39(55)29-52(62-5,70-41)28-37-26-40(69-51(68-37)74(7)72)38(54)23-22-35-24-36(67-50(66-35)73(6)71)27-42(56)63-32(3)31(2)45(30)57/h8-21,30-41,43-47,49-51,54-55,57-59H,22-29,53,71-72H2,1-7H3,(H,60,61)/b9-8+,12-10+,13-11+,16-14+,17-15+,20-18+,21-19+/t30-,31-,32-,33+,34-,35?,36+,37?,38+,39-,40+,41?,43+,44-,45+,46+,47+,49-,50?,51?,52+,73?,74?/m0/s1. The largest absolute Gasteiger partial charge is 0.481 e. The molecule has 0 saturated carbocycles. The van der Waals surface area contributed by atoms with Gasteiger partial charge in [0.25, 0.3) is 0 Å². The second-order valence-corrected chi connectivity index (χ2v) is 28.5. The number of methoxy groups -OCH3 is 1. The highest BCUT2D eigenvalue weighted by atomic mass is 32.0. The molecule has 0 spiro atoms. The van der Waals surface area contributed by atoms with Gasteiger partial charge in [0.05, 0.1) is 79.6 Å². The monoisotopic (exact) mass is 1120 g/mol. The van der Waals surface area contributed by atoms with E-state index < -0.39 is 137 Å². The van der Waals surface area contributed by atoms with E-state index in [1.807, 2.05) is 81.9 Å². The van der Waals surface area contributed by atoms with Gasteiger partial charge in [0.15, 0.2) is 24.1 Å². The van der Waals surface area contributed by atoms with Gasteiger partial charge in [-0.3, -0.25) is 9.59 Å². The number of hydrogen-bond donors (Lipinski definition) is 7. The molecular weight excluding hydrogens is 1030 g/mol. The van der Waals surface area contributed by atoms with Gasteiger partial charge < -0.3 is 79.0 Å². The van der Waals surface area contributed by atoms with Crippen LogP contribution in [0.15, 0.2) is 85.1 Å². The summed E-state index contributed by atoms with van der Waals surface area (Å²) in [4.78, 5) is 26.3. The topological polar surface area (TPSA) is 265 Å². The summed E-state index contributed by atoms with van der Waals surface area (Å²) in [6, 6.07) is -2.37. The quantitative estimate of drug-likeness (QED) is 0.121. The zero-order chi connectivity index (χ0) is 54.3. The number of rotatable bonds is 6. The third-order valence-corrected chi connectivity index (χ3v) is 17.5. The van der Waals surface area contributed by atoms with Crippen LogP contribution in [0.3, 0.4) is 0 Å². The molecule has 25 atom stereocenters. The molecule has 0 aliphatic carbocycles. The summed E-state index contributed by atoms with van der Waals surface area (Å²) in [6.45, 7) is 11.1. The summed E-state index contributed by atoms with van der Waals surface area (Å²) < 4.78 is 56.2. The Morgan fingerprint density at radius 2 is 1.24 bits per heavy atom. The van der Waals surface area contributed by atoms with Crippen molar-refractivity contribution in [2.75, 3.05) is 20.4 Å². The number of carbonyl (C=O) groups excluding carboxylic acids is 1. The second kappa shape index (κ2) is 30.6. The Morgan fingerprint density at radius 1 is 0.676 bits per heavy atom. The molecule has 5 rings (SSSR count). The average Bonchev–Trinajstić information content (AvgIpc) is 3.35. The number of ether oxygens (including phenoxy) is 9.